The first-order valence-corrected chi connectivity index (χ1v) is 13.3. The van der Waals surface area contributed by atoms with Crippen LogP contribution in [-0.2, 0) is 24.3 Å². The van der Waals surface area contributed by atoms with Gasteiger partial charge in [0.05, 0.1) is 24.5 Å². The zero-order chi connectivity index (χ0) is 24.5. The summed E-state index contributed by atoms with van der Waals surface area (Å²) in [6.07, 6.45) is 2.95. The molecule has 1 aliphatic heterocycles. The second kappa shape index (κ2) is 11.4. The van der Waals surface area contributed by atoms with Gasteiger partial charge in [0.25, 0.3) is 0 Å². The molecule has 1 unspecified atom stereocenters. The maximum atomic E-state index is 13.5. The van der Waals surface area contributed by atoms with E-state index in [1.807, 2.05) is 0 Å². The molecular weight excluding hydrogens is 513 g/mol. The maximum absolute atomic E-state index is 13.5. The van der Waals surface area contributed by atoms with Gasteiger partial charge in [-0.2, -0.15) is 4.31 Å². The number of rotatable bonds is 5. The lowest BCUT2D eigenvalue weighted by Crippen LogP contribution is -2.58. The second-order valence-corrected chi connectivity index (χ2v) is 11.5. The number of halogens is 2. The summed E-state index contributed by atoms with van der Waals surface area (Å²) in [5, 5.41) is 2.19. The summed E-state index contributed by atoms with van der Waals surface area (Å²) in [6, 6.07) is 9.73. The summed E-state index contributed by atoms with van der Waals surface area (Å²) in [7, 11) is -2.54. The van der Waals surface area contributed by atoms with Gasteiger partial charge >= 0.3 is 5.97 Å². The number of amides is 1. The highest BCUT2D eigenvalue weighted by Crippen LogP contribution is 2.30. The fourth-order valence-corrected chi connectivity index (χ4v) is 6.58. The Hall–Kier alpha value is -1.91. The molecule has 0 radical (unpaired) electrons. The van der Waals surface area contributed by atoms with Crippen LogP contribution in [0.25, 0.3) is 10.8 Å². The van der Waals surface area contributed by atoms with Gasteiger partial charge in [0.2, 0.25) is 15.9 Å². The van der Waals surface area contributed by atoms with Crippen LogP contribution in [0, 0.1) is 5.92 Å². The van der Waals surface area contributed by atoms with Gasteiger partial charge in [0.15, 0.2) is 0 Å². The Labute approximate surface area is 217 Å². The van der Waals surface area contributed by atoms with Gasteiger partial charge in [-0.05, 0) is 60.7 Å². The molecule has 0 bridgehead atoms. The first-order chi connectivity index (χ1) is 16.2. The van der Waals surface area contributed by atoms with Gasteiger partial charge in [-0.25, -0.2) is 8.42 Å². The summed E-state index contributed by atoms with van der Waals surface area (Å²) in [4.78, 5) is 27.2. The summed E-state index contributed by atoms with van der Waals surface area (Å²) < 4.78 is 33.1. The average Bonchev–Trinajstić information content (AvgIpc) is 2.83. The molecule has 8 nitrogen and oxygen atoms in total. The Morgan fingerprint density at radius 1 is 1.06 bits per heavy atom. The van der Waals surface area contributed by atoms with Crippen molar-refractivity contribution in [3.8, 4) is 0 Å². The lowest BCUT2D eigenvalue weighted by molar-refractivity contribution is -0.147. The lowest BCUT2D eigenvalue weighted by Gasteiger charge is -2.42. The van der Waals surface area contributed by atoms with Crippen molar-refractivity contribution in [3.63, 3.8) is 0 Å². The van der Waals surface area contributed by atoms with Gasteiger partial charge in [-0.3, -0.25) is 9.59 Å². The van der Waals surface area contributed by atoms with E-state index in [0.717, 1.165) is 23.6 Å². The number of hydrogen-bond donors (Lipinski definition) is 1. The van der Waals surface area contributed by atoms with Crippen molar-refractivity contribution in [1.29, 1.82) is 0 Å². The number of fused-ring (bicyclic) bond motifs is 1. The lowest BCUT2D eigenvalue weighted by atomic mass is 9.85. The van der Waals surface area contributed by atoms with Gasteiger partial charge in [-0.1, -0.05) is 23.7 Å². The van der Waals surface area contributed by atoms with Crippen LogP contribution in [0.4, 0.5) is 0 Å². The predicted octanol–water partition coefficient (Wildman–Crippen LogP) is 3.20. The van der Waals surface area contributed by atoms with Crippen molar-refractivity contribution in [3.05, 3.63) is 41.4 Å². The number of sulfonamides is 1. The number of carbonyl (C=O) groups excluding carboxylic acids is 2. The highest BCUT2D eigenvalue weighted by Gasteiger charge is 2.40. The summed E-state index contributed by atoms with van der Waals surface area (Å²) in [5.41, 5.74) is 5.98. The van der Waals surface area contributed by atoms with E-state index < -0.39 is 22.0 Å². The van der Waals surface area contributed by atoms with Gasteiger partial charge in [0.1, 0.15) is 0 Å². The van der Waals surface area contributed by atoms with Crippen LogP contribution in [-0.4, -0.2) is 68.3 Å². The SMILES string of the molecule is COC(=O)CC1CN(S(=O)(=O)c2ccc3cc(Cl)ccc3c2)CCN1C(=O)C1CCC(N)CC1.Cl. The van der Waals surface area contributed by atoms with Crippen LogP contribution in [0.15, 0.2) is 41.3 Å². The van der Waals surface area contributed by atoms with E-state index in [-0.39, 0.29) is 61.2 Å². The molecule has 2 aliphatic rings. The quantitative estimate of drug-likeness (QED) is 0.579. The summed E-state index contributed by atoms with van der Waals surface area (Å²) >= 11 is 6.04. The molecule has 4 rings (SSSR count). The zero-order valence-corrected chi connectivity index (χ0v) is 21.9. The normalized spacial score (nSPS) is 23.5. The molecule has 2 N–H and O–H groups in total. The van der Waals surface area contributed by atoms with Crippen LogP contribution in [0.2, 0.25) is 5.02 Å². The molecule has 1 aliphatic carbocycles. The number of hydrogen-bond acceptors (Lipinski definition) is 6. The monoisotopic (exact) mass is 543 g/mol. The number of nitrogens with two attached hydrogens (primary N) is 1. The Kier molecular flexibility index (Phi) is 9.04. The van der Waals surface area contributed by atoms with E-state index in [2.05, 4.69) is 0 Å². The fourth-order valence-electron chi connectivity index (χ4n) is 4.89. The van der Waals surface area contributed by atoms with Crippen LogP contribution >= 0.6 is 24.0 Å². The van der Waals surface area contributed by atoms with E-state index in [9.17, 15) is 18.0 Å². The minimum atomic E-state index is -3.83. The van der Waals surface area contributed by atoms with E-state index in [1.165, 1.54) is 11.4 Å². The molecular formula is C24H31Cl2N3O5S. The minimum absolute atomic E-state index is 0. The van der Waals surface area contributed by atoms with E-state index in [4.69, 9.17) is 22.1 Å². The number of methoxy groups -OCH3 is 1. The number of piperazine rings is 1. The number of esters is 1. The molecule has 0 spiro atoms. The largest absolute Gasteiger partial charge is 0.469 e. The zero-order valence-electron chi connectivity index (χ0n) is 19.6. The van der Waals surface area contributed by atoms with Crippen molar-refractivity contribution < 1.29 is 22.7 Å². The number of nitrogens with zero attached hydrogens (tertiary/aromatic N) is 2. The van der Waals surface area contributed by atoms with Crippen molar-refractivity contribution in [2.75, 3.05) is 26.7 Å². The summed E-state index contributed by atoms with van der Waals surface area (Å²) in [5.74, 6) is -0.647. The summed E-state index contributed by atoms with van der Waals surface area (Å²) in [6.45, 7) is 0.427. The Balaban J connectivity index is 0.00000342. The topological polar surface area (TPSA) is 110 Å². The van der Waals surface area contributed by atoms with Crippen molar-refractivity contribution in [2.24, 2.45) is 11.7 Å². The first kappa shape index (κ1) is 27.7. The van der Waals surface area contributed by atoms with Gasteiger partial charge in [-0.15, -0.1) is 12.4 Å². The molecule has 192 valence electrons. The average molecular weight is 545 g/mol. The number of carbonyl (C=O) groups is 2. The maximum Gasteiger partial charge on any atom is 0.307 e. The molecule has 1 saturated carbocycles. The van der Waals surface area contributed by atoms with Crippen LogP contribution in [0.3, 0.4) is 0 Å². The standard InChI is InChI=1S/C24H30ClN3O5S.ClH/c1-33-23(29)14-21-15-27(10-11-28(21)24(30)16-3-7-20(26)8-4-16)34(31,32)22-9-5-17-12-19(25)6-2-18(17)13-22;/h2,5-6,9,12-13,16,20-21H,3-4,7-8,10-11,14-15,26H2,1H3;1H. The predicted molar refractivity (Wildman–Crippen MR) is 137 cm³/mol. The number of benzene rings is 2. The Bertz CT molecular complexity index is 1180. The minimum Gasteiger partial charge on any atom is -0.469 e. The highest BCUT2D eigenvalue weighted by molar-refractivity contribution is 7.89. The Morgan fingerprint density at radius 3 is 2.40 bits per heavy atom. The van der Waals surface area contributed by atoms with Crippen LogP contribution in [0.5, 0.6) is 0 Å². The van der Waals surface area contributed by atoms with Crippen molar-refractivity contribution in [2.45, 2.75) is 49.1 Å². The highest BCUT2D eigenvalue weighted by atomic mass is 35.5. The third-order valence-electron chi connectivity index (χ3n) is 6.89. The van der Waals surface area contributed by atoms with E-state index in [0.29, 0.717) is 17.9 Å². The van der Waals surface area contributed by atoms with Crippen LogP contribution in [0.1, 0.15) is 32.1 Å². The fraction of sp³-hybridized carbons (Fsp3) is 0.500. The molecule has 1 atom stereocenters. The molecule has 0 aromatic heterocycles. The number of ether oxygens (including phenoxy) is 1. The van der Waals surface area contributed by atoms with E-state index >= 15 is 0 Å². The Morgan fingerprint density at radius 2 is 1.71 bits per heavy atom. The smallest absolute Gasteiger partial charge is 0.307 e. The van der Waals surface area contributed by atoms with Crippen molar-refractivity contribution >= 4 is 56.7 Å². The molecule has 1 heterocycles. The van der Waals surface area contributed by atoms with Gasteiger partial charge < -0.3 is 15.4 Å². The third kappa shape index (κ3) is 6.09. The first-order valence-electron chi connectivity index (χ1n) is 11.5. The molecule has 35 heavy (non-hydrogen) atoms. The molecule has 2 aromatic carbocycles. The van der Waals surface area contributed by atoms with Gasteiger partial charge in [0, 0.05) is 36.6 Å². The van der Waals surface area contributed by atoms with Crippen LogP contribution < -0.4 is 5.73 Å². The van der Waals surface area contributed by atoms with E-state index in [1.54, 1.807) is 41.3 Å². The molecule has 2 fully saturated rings. The molecule has 1 saturated heterocycles. The molecule has 11 heteroatoms. The second-order valence-electron chi connectivity index (χ2n) is 9.09. The van der Waals surface area contributed by atoms with Crippen molar-refractivity contribution in [1.82, 2.24) is 9.21 Å². The third-order valence-corrected chi connectivity index (χ3v) is 8.99. The molecule has 2 aromatic rings. The molecule has 1 amide bonds.